The molecule has 0 unspecified atom stereocenters. The zero-order valence-corrected chi connectivity index (χ0v) is 7.35. The molecule has 66 valence electrons. The van der Waals surface area contributed by atoms with E-state index in [0.717, 1.165) is 6.20 Å². The van der Waals surface area contributed by atoms with Gasteiger partial charge in [0, 0.05) is 0 Å². The van der Waals surface area contributed by atoms with Gasteiger partial charge in [0.1, 0.15) is 4.60 Å². The standard InChI is InChI=1S/C6H5BrF2N2O/c7-5-3(6(8)9)4(10)2(12)1-11-5/h1,6,12H,(H2,10,11). The van der Waals surface area contributed by atoms with E-state index >= 15 is 0 Å². The molecule has 3 nitrogen and oxygen atoms in total. The van der Waals surface area contributed by atoms with Crippen LogP contribution >= 0.6 is 15.9 Å². The predicted octanol–water partition coefficient (Wildman–Crippen LogP) is 2.07. The Hall–Kier alpha value is -0.910. The fourth-order valence-electron chi connectivity index (χ4n) is 0.714. The molecular formula is C6H5BrF2N2O. The fourth-order valence-corrected chi connectivity index (χ4v) is 1.20. The highest BCUT2D eigenvalue weighted by Gasteiger charge is 2.18. The van der Waals surface area contributed by atoms with Crippen molar-refractivity contribution in [3.8, 4) is 5.75 Å². The number of alkyl halides is 2. The van der Waals surface area contributed by atoms with Gasteiger partial charge in [0.15, 0.2) is 5.75 Å². The Morgan fingerprint density at radius 3 is 2.58 bits per heavy atom. The second-order valence-corrected chi connectivity index (χ2v) is 2.81. The minimum absolute atomic E-state index is 0.0483. The average molecular weight is 239 g/mol. The van der Waals surface area contributed by atoms with Crippen LogP contribution in [0.1, 0.15) is 12.0 Å². The van der Waals surface area contributed by atoms with Gasteiger partial charge in [-0.3, -0.25) is 0 Å². The summed E-state index contributed by atoms with van der Waals surface area (Å²) in [7, 11) is 0. The Balaban J connectivity index is 3.33. The molecular weight excluding hydrogens is 234 g/mol. The lowest BCUT2D eigenvalue weighted by Crippen LogP contribution is -1.98. The van der Waals surface area contributed by atoms with E-state index in [0.29, 0.717) is 0 Å². The first-order chi connectivity index (χ1) is 5.54. The van der Waals surface area contributed by atoms with Crippen molar-refractivity contribution in [2.45, 2.75) is 6.43 Å². The number of anilines is 1. The maximum atomic E-state index is 12.2. The Labute approximate surface area is 75.3 Å². The van der Waals surface area contributed by atoms with Crippen molar-refractivity contribution in [3.05, 3.63) is 16.4 Å². The first kappa shape index (κ1) is 9.18. The zero-order chi connectivity index (χ0) is 9.30. The molecule has 0 saturated heterocycles. The van der Waals surface area contributed by atoms with Gasteiger partial charge in [-0.1, -0.05) is 0 Å². The highest BCUT2D eigenvalue weighted by atomic mass is 79.9. The van der Waals surface area contributed by atoms with Crippen molar-refractivity contribution in [3.63, 3.8) is 0 Å². The van der Waals surface area contributed by atoms with Crippen molar-refractivity contribution in [1.82, 2.24) is 4.98 Å². The highest BCUT2D eigenvalue weighted by Crippen LogP contribution is 2.35. The number of halogens is 3. The predicted molar refractivity (Wildman–Crippen MR) is 43.0 cm³/mol. The normalized spacial score (nSPS) is 10.7. The quantitative estimate of drug-likeness (QED) is 0.737. The van der Waals surface area contributed by atoms with Gasteiger partial charge in [0.2, 0.25) is 0 Å². The average Bonchev–Trinajstić information content (AvgIpc) is 1.97. The molecule has 1 aromatic rings. The van der Waals surface area contributed by atoms with Crippen LogP contribution in [0.3, 0.4) is 0 Å². The molecule has 0 aliphatic rings. The molecule has 0 aliphatic carbocycles. The maximum Gasteiger partial charge on any atom is 0.268 e. The van der Waals surface area contributed by atoms with Gasteiger partial charge in [-0.2, -0.15) is 0 Å². The number of nitrogens with zero attached hydrogens (tertiary/aromatic N) is 1. The first-order valence-corrected chi connectivity index (χ1v) is 3.74. The lowest BCUT2D eigenvalue weighted by molar-refractivity contribution is 0.150. The van der Waals surface area contributed by atoms with Gasteiger partial charge in [-0.05, 0) is 15.9 Å². The van der Waals surface area contributed by atoms with E-state index in [1.165, 1.54) is 0 Å². The molecule has 0 bridgehead atoms. The van der Waals surface area contributed by atoms with Crippen LogP contribution in [-0.2, 0) is 0 Å². The summed E-state index contributed by atoms with van der Waals surface area (Å²) in [6.07, 6.45) is -1.75. The third-order valence-electron chi connectivity index (χ3n) is 1.31. The summed E-state index contributed by atoms with van der Waals surface area (Å²) in [5.41, 5.74) is 4.37. The van der Waals surface area contributed by atoms with Crippen molar-refractivity contribution >= 4 is 21.6 Å². The molecule has 3 N–H and O–H groups in total. The summed E-state index contributed by atoms with van der Waals surface area (Å²) in [6, 6.07) is 0. The van der Waals surface area contributed by atoms with E-state index in [4.69, 9.17) is 10.8 Å². The van der Waals surface area contributed by atoms with Crippen molar-refractivity contribution < 1.29 is 13.9 Å². The Bertz CT molecular complexity index is 306. The van der Waals surface area contributed by atoms with Crippen LogP contribution in [0, 0.1) is 0 Å². The van der Waals surface area contributed by atoms with Crippen LogP contribution in [0.25, 0.3) is 0 Å². The summed E-state index contributed by atoms with van der Waals surface area (Å²) in [6.45, 7) is 0. The third kappa shape index (κ3) is 1.47. The third-order valence-corrected chi connectivity index (χ3v) is 1.94. The van der Waals surface area contributed by atoms with Crippen molar-refractivity contribution in [1.29, 1.82) is 0 Å². The van der Waals surface area contributed by atoms with E-state index in [1.54, 1.807) is 0 Å². The van der Waals surface area contributed by atoms with Crippen molar-refractivity contribution in [2.24, 2.45) is 0 Å². The van der Waals surface area contributed by atoms with Gasteiger partial charge in [0.25, 0.3) is 6.43 Å². The summed E-state index contributed by atoms with van der Waals surface area (Å²) in [5, 5.41) is 8.93. The molecule has 0 radical (unpaired) electrons. The van der Waals surface area contributed by atoms with E-state index in [1.807, 2.05) is 0 Å². The molecule has 1 heterocycles. The zero-order valence-electron chi connectivity index (χ0n) is 5.76. The molecule has 0 atom stereocenters. The van der Waals surface area contributed by atoms with Crippen molar-refractivity contribution in [2.75, 3.05) is 5.73 Å². The number of hydrogen-bond acceptors (Lipinski definition) is 3. The molecule has 0 amide bonds. The summed E-state index contributed by atoms with van der Waals surface area (Å²) in [4.78, 5) is 3.47. The van der Waals surface area contributed by atoms with E-state index in [9.17, 15) is 8.78 Å². The minimum atomic E-state index is -2.75. The lowest BCUT2D eigenvalue weighted by Gasteiger charge is -2.06. The van der Waals surface area contributed by atoms with E-state index < -0.39 is 17.7 Å². The van der Waals surface area contributed by atoms with Gasteiger partial charge < -0.3 is 10.8 Å². The fraction of sp³-hybridized carbons (Fsp3) is 0.167. The number of hydrogen-bond donors (Lipinski definition) is 2. The lowest BCUT2D eigenvalue weighted by atomic mass is 10.2. The summed E-state index contributed by atoms with van der Waals surface area (Å²) in [5.74, 6) is -0.437. The summed E-state index contributed by atoms with van der Waals surface area (Å²) < 4.78 is 24.4. The molecule has 6 heteroatoms. The van der Waals surface area contributed by atoms with Gasteiger partial charge in [0.05, 0.1) is 17.4 Å². The molecule has 0 saturated carbocycles. The van der Waals surface area contributed by atoms with Crippen LogP contribution in [0.15, 0.2) is 10.8 Å². The first-order valence-electron chi connectivity index (χ1n) is 2.95. The molecule has 0 fully saturated rings. The van der Waals surface area contributed by atoms with Crippen LogP contribution in [0.2, 0.25) is 0 Å². The van der Waals surface area contributed by atoms with Crippen LogP contribution in [-0.4, -0.2) is 10.1 Å². The SMILES string of the molecule is Nc1c(O)cnc(Br)c1C(F)F. The maximum absolute atomic E-state index is 12.2. The Morgan fingerprint density at radius 2 is 2.17 bits per heavy atom. The van der Waals surface area contributed by atoms with E-state index in [2.05, 4.69) is 20.9 Å². The van der Waals surface area contributed by atoms with Crippen LogP contribution < -0.4 is 5.73 Å². The number of nitrogens with two attached hydrogens (primary N) is 1. The Morgan fingerprint density at radius 1 is 1.58 bits per heavy atom. The summed E-state index contributed by atoms with van der Waals surface area (Å²) >= 11 is 2.80. The Kier molecular flexibility index (Phi) is 2.46. The topological polar surface area (TPSA) is 59.1 Å². The molecule has 1 rings (SSSR count). The molecule has 0 aromatic carbocycles. The van der Waals surface area contributed by atoms with Crippen LogP contribution in [0.4, 0.5) is 14.5 Å². The largest absolute Gasteiger partial charge is 0.504 e. The number of pyridine rings is 1. The number of aromatic hydroxyl groups is 1. The molecule has 0 spiro atoms. The second kappa shape index (κ2) is 3.22. The molecule has 0 aliphatic heterocycles. The van der Waals surface area contributed by atoms with Gasteiger partial charge in [-0.15, -0.1) is 0 Å². The second-order valence-electron chi connectivity index (χ2n) is 2.06. The molecule has 12 heavy (non-hydrogen) atoms. The van der Waals surface area contributed by atoms with Gasteiger partial charge in [-0.25, -0.2) is 13.8 Å². The van der Waals surface area contributed by atoms with Gasteiger partial charge >= 0.3 is 0 Å². The number of rotatable bonds is 1. The number of aromatic nitrogens is 1. The number of nitrogen functional groups attached to an aromatic ring is 1. The van der Waals surface area contributed by atoms with E-state index in [-0.39, 0.29) is 10.3 Å². The van der Waals surface area contributed by atoms with Crippen LogP contribution in [0.5, 0.6) is 5.75 Å². The minimum Gasteiger partial charge on any atom is -0.504 e. The smallest absolute Gasteiger partial charge is 0.268 e. The molecule has 1 aromatic heterocycles. The highest BCUT2D eigenvalue weighted by molar-refractivity contribution is 9.10. The monoisotopic (exact) mass is 238 g/mol.